The summed E-state index contributed by atoms with van der Waals surface area (Å²) >= 11 is 12.0. The van der Waals surface area contributed by atoms with E-state index in [1.165, 1.54) is 11.3 Å². The molecule has 0 aliphatic carbocycles. The number of pyridine rings is 2. The number of hydrogen-bond acceptors (Lipinski definition) is 6. The van der Waals surface area contributed by atoms with Crippen molar-refractivity contribution in [3.8, 4) is 0 Å². The Labute approximate surface area is 226 Å². The van der Waals surface area contributed by atoms with E-state index in [-0.39, 0.29) is 5.91 Å². The molecular formula is C28H26Cl2N6O. The molecule has 6 rings (SSSR count). The van der Waals surface area contributed by atoms with Gasteiger partial charge in [0.15, 0.2) is 0 Å². The fourth-order valence-corrected chi connectivity index (χ4v) is 5.03. The molecule has 0 saturated heterocycles. The normalized spacial score (nSPS) is 13.9. The van der Waals surface area contributed by atoms with E-state index < -0.39 is 0 Å². The van der Waals surface area contributed by atoms with Crippen molar-refractivity contribution in [2.45, 2.75) is 6.54 Å². The molecule has 0 N–H and O–H groups in total. The van der Waals surface area contributed by atoms with Crippen LogP contribution in [0.15, 0.2) is 73.1 Å². The van der Waals surface area contributed by atoms with Crippen LogP contribution in [0.4, 0.5) is 34.1 Å². The molecule has 7 nitrogen and oxygen atoms in total. The third-order valence-corrected chi connectivity index (χ3v) is 7.13. The minimum atomic E-state index is -0.0506. The second kappa shape index (κ2) is 9.92. The molecule has 2 aliphatic rings. The van der Waals surface area contributed by atoms with E-state index in [0.29, 0.717) is 15.9 Å². The number of benzene rings is 2. The maximum atomic E-state index is 12.5. The SMILES string of the molecule is CN1C(=O)c2ccccc2N(C)c2cc(Cl)ncc21.CN1Cc2ccccc2N(C)c2cc(Cl)ncc21. The third-order valence-electron chi connectivity index (χ3n) is 6.71. The van der Waals surface area contributed by atoms with Crippen LogP contribution in [0, 0.1) is 0 Å². The summed E-state index contributed by atoms with van der Waals surface area (Å²) in [6, 6.07) is 19.6. The van der Waals surface area contributed by atoms with Crippen molar-refractivity contribution in [2.75, 3.05) is 47.8 Å². The van der Waals surface area contributed by atoms with Crippen LogP contribution >= 0.6 is 23.2 Å². The quantitative estimate of drug-likeness (QED) is 0.239. The predicted molar refractivity (Wildman–Crippen MR) is 152 cm³/mol. The van der Waals surface area contributed by atoms with Crippen LogP contribution in [0.2, 0.25) is 10.3 Å². The first kappa shape index (κ1) is 24.9. The van der Waals surface area contributed by atoms with Gasteiger partial charge in [0, 0.05) is 52.6 Å². The van der Waals surface area contributed by atoms with Gasteiger partial charge < -0.3 is 19.6 Å². The molecule has 0 fully saturated rings. The van der Waals surface area contributed by atoms with E-state index in [9.17, 15) is 4.79 Å². The Morgan fingerprint density at radius 3 is 1.89 bits per heavy atom. The highest BCUT2D eigenvalue weighted by molar-refractivity contribution is 6.30. The van der Waals surface area contributed by atoms with Crippen LogP contribution in [0.3, 0.4) is 0 Å². The number of fused-ring (bicyclic) bond motifs is 4. The van der Waals surface area contributed by atoms with Gasteiger partial charge in [-0.25, -0.2) is 9.97 Å². The minimum Gasteiger partial charge on any atom is -0.367 e. The molecule has 1 amide bonds. The molecule has 2 aromatic carbocycles. The van der Waals surface area contributed by atoms with Gasteiger partial charge in [0.1, 0.15) is 10.3 Å². The van der Waals surface area contributed by atoms with E-state index in [0.717, 1.165) is 35.0 Å². The van der Waals surface area contributed by atoms with Crippen molar-refractivity contribution < 1.29 is 4.79 Å². The smallest absolute Gasteiger partial charge is 0.260 e. The summed E-state index contributed by atoms with van der Waals surface area (Å²) in [6.07, 6.45) is 3.46. The van der Waals surface area contributed by atoms with Gasteiger partial charge in [-0.2, -0.15) is 0 Å². The van der Waals surface area contributed by atoms with Crippen LogP contribution in [0.25, 0.3) is 0 Å². The number of aromatic nitrogens is 2. The van der Waals surface area contributed by atoms with Gasteiger partial charge in [0.2, 0.25) is 0 Å². The topological polar surface area (TPSA) is 55.8 Å². The molecule has 0 bridgehead atoms. The lowest BCUT2D eigenvalue weighted by Crippen LogP contribution is -2.25. The molecule has 9 heteroatoms. The van der Waals surface area contributed by atoms with Gasteiger partial charge in [-0.3, -0.25) is 4.79 Å². The van der Waals surface area contributed by atoms with Crippen LogP contribution in [0.5, 0.6) is 0 Å². The number of halogens is 2. The standard InChI is InChI=1S/C14H12ClN3O.C14H14ClN3/c1-17-10-6-4-3-5-9(10)14(19)18(2)12-8-16-13(15)7-11(12)17;1-17-9-10-5-3-4-6-11(10)18(2)12-7-14(15)16-8-13(12)17/h3-8H,1-2H3;3-8H,9H2,1-2H3. The van der Waals surface area contributed by atoms with Gasteiger partial charge in [0.05, 0.1) is 46.4 Å². The fourth-order valence-electron chi connectivity index (χ4n) is 4.72. The van der Waals surface area contributed by atoms with Gasteiger partial charge in [-0.1, -0.05) is 53.5 Å². The Hall–Kier alpha value is -3.81. The molecule has 0 spiro atoms. The van der Waals surface area contributed by atoms with E-state index in [1.807, 2.05) is 48.5 Å². The summed E-state index contributed by atoms with van der Waals surface area (Å²) in [6.45, 7) is 0.872. The first-order valence-corrected chi connectivity index (χ1v) is 12.5. The second-order valence-corrected chi connectivity index (χ2v) is 9.75. The lowest BCUT2D eigenvalue weighted by molar-refractivity contribution is 0.0994. The maximum Gasteiger partial charge on any atom is 0.260 e. The summed E-state index contributed by atoms with van der Waals surface area (Å²) in [5, 5.41) is 0.930. The van der Waals surface area contributed by atoms with Crippen LogP contribution in [-0.4, -0.2) is 44.1 Å². The second-order valence-electron chi connectivity index (χ2n) is 8.98. The lowest BCUT2D eigenvalue weighted by Gasteiger charge is -2.22. The molecule has 4 heterocycles. The van der Waals surface area contributed by atoms with Crippen molar-refractivity contribution in [2.24, 2.45) is 0 Å². The highest BCUT2D eigenvalue weighted by Crippen LogP contribution is 2.40. The van der Waals surface area contributed by atoms with Crippen molar-refractivity contribution in [1.29, 1.82) is 0 Å². The van der Waals surface area contributed by atoms with Gasteiger partial charge >= 0.3 is 0 Å². The maximum absolute atomic E-state index is 12.5. The minimum absolute atomic E-state index is 0.0506. The number of rotatable bonds is 0. The number of carbonyl (C=O) groups excluding carboxylic acids is 1. The Balaban J connectivity index is 0.000000152. The summed E-state index contributed by atoms with van der Waals surface area (Å²) in [4.78, 5) is 28.6. The molecule has 0 radical (unpaired) electrons. The number of carbonyl (C=O) groups is 1. The number of anilines is 6. The molecule has 0 unspecified atom stereocenters. The molecule has 2 aromatic heterocycles. The van der Waals surface area contributed by atoms with Gasteiger partial charge in [-0.15, -0.1) is 0 Å². The predicted octanol–water partition coefficient (Wildman–Crippen LogP) is 6.55. The van der Waals surface area contributed by atoms with E-state index >= 15 is 0 Å². The largest absolute Gasteiger partial charge is 0.367 e. The fraction of sp³-hybridized carbons (Fsp3) is 0.179. The van der Waals surface area contributed by atoms with Crippen molar-refractivity contribution >= 4 is 63.2 Å². The Morgan fingerprint density at radius 1 is 0.649 bits per heavy atom. The van der Waals surface area contributed by atoms with Crippen molar-refractivity contribution in [3.05, 3.63) is 94.5 Å². The number of para-hydroxylation sites is 2. The zero-order valence-corrected chi connectivity index (χ0v) is 22.5. The lowest BCUT2D eigenvalue weighted by atomic mass is 10.1. The number of hydrogen-bond donors (Lipinski definition) is 0. The van der Waals surface area contributed by atoms with Crippen molar-refractivity contribution in [3.63, 3.8) is 0 Å². The molecule has 188 valence electrons. The average molecular weight is 533 g/mol. The molecule has 4 aromatic rings. The Morgan fingerprint density at radius 2 is 1.19 bits per heavy atom. The zero-order chi connectivity index (χ0) is 26.3. The highest BCUT2D eigenvalue weighted by Gasteiger charge is 2.27. The summed E-state index contributed by atoms with van der Waals surface area (Å²) in [7, 11) is 7.80. The molecule has 2 aliphatic heterocycles. The van der Waals surface area contributed by atoms with Crippen LogP contribution in [0.1, 0.15) is 15.9 Å². The molecule has 0 saturated carbocycles. The highest BCUT2D eigenvalue weighted by atomic mass is 35.5. The monoisotopic (exact) mass is 532 g/mol. The van der Waals surface area contributed by atoms with Gasteiger partial charge in [-0.05, 0) is 23.8 Å². The third kappa shape index (κ3) is 4.56. The van der Waals surface area contributed by atoms with Crippen LogP contribution in [-0.2, 0) is 6.54 Å². The molecular weight excluding hydrogens is 507 g/mol. The molecule has 0 atom stereocenters. The number of amides is 1. The zero-order valence-electron chi connectivity index (χ0n) is 21.0. The van der Waals surface area contributed by atoms with Crippen LogP contribution < -0.4 is 19.6 Å². The summed E-state index contributed by atoms with van der Waals surface area (Å²) < 4.78 is 0. The van der Waals surface area contributed by atoms with Gasteiger partial charge in [0.25, 0.3) is 5.91 Å². The van der Waals surface area contributed by atoms with E-state index in [4.69, 9.17) is 23.2 Å². The Bertz CT molecular complexity index is 1490. The molecule has 37 heavy (non-hydrogen) atoms. The average Bonchev–Trinajstić information content (AvgIpc) is 3.06. The van der Waals surface area contributed by atoms with Crippen molar-refractivity contribution in [1.82, 2.24) is 9.97 Å². The Kier molecular flexibility index (Phi) is 6.67. The number of nitrogens with zero attached hydrogens (tertiary/aromatic N) is 6. The first-order chi connectivity index (χ1) is 17.8. The van der Waals surface area contributed by atoms with E-state index in [1.54, 1.807) is 24.2 Å². The summed E-state index contributed by atoms with van der Waals surface area (Å²) in [5.74, 6) is -0.0506. The first-order valence-electron chi connectivity index (χ1n) is 11.7. The van der Waals surface area contributed by atoms with E-state index in [2.05, 4.69) is 58.1 Å². The summed E-state index contributed by atoms with van der Waals surface area (Å²) in [5.41, 5.74) is 7.83.